The molecule has 0 spiro atoms. The lowest BCUT2D eigenvalue weighted by atomic mass is 10.0. The molecule has 0 aliphatic carbocycles. The summed E-state index contributed by atoms with van der Waals surface area (Å²) < 4.78 is 1.02. The molecule has 2 heterocycles. The van der Waals surface area contributed by atoms with E-state index in [1.54, 1.807) is 6.20 Å². The molecule has 0 bridgehead atoms. The van der Waals surface area contributed by atoms with Gasteiger partial charge in [-0.3, -0.25) is 4.98 Å². The van der Waals surface area contributed by atoms with Crippen LogP contribution in [0, 0.1) is 5.92 Å². The Kier molecular flexibility index (Phi) is 3.26. The van der Waals surface area contributed by atoms with Crippen LogP contribution in [0.2, 0.25) is 0 Å². The largest absolute Gasteiger partial charge is 0.393 e. The summed E-state index contributed by atoms with van der Waals surface area (Å²) in [6.07, 6.45) is 4.46. The molecule has 2 unspecified atom stereocenters. The first-order chi connectivity index (χ1) is 7.18. The van der Waals surface area contributed by atoms with Crippen molar-refractivity contribution in [3.8, 4) is 0 Å². The molecular weight excluding hydrogens is 256 g/mol. The monoisotopic (exact) mass is 270 g/mol. The third-order valence-electron chi connectivity index (χ3n) is 3.00. The lowest BCUT2D eigenvalue weighted by Gasteiger charge is -2.20. The Labute approximate surface area is 98.3 Å². The quantitative estimate of drug-likeness (QED) is 0.894. The van der Waals surface area contributed by atoms with Gasteiger partial charge in [0, 0.05) is 31.4 Å². The van der Waals surface area contributed by atoms with Gasteiger partial charge in [0.25, 0.3) is 0 Å². The summed E-state index contributed by atoms with van der Waals surface area (Å²) in [4.78, 5) is 6.34. The number of hydrogen-bond donors (Lipinski definition) is 1. The van der Waals surface area contributed by atoms with Gasteiger partial charge in [-0.15, -0.1) is 0 Å². The molecule has 15 heavy (non-hydrogen) atoms. The maximum atomic E-state index is 9.54. The average Bonchev–Trinajstić information content (AvgIpc) is 2.67. The van der Waals surface area contributed by atoms with Crippen molar-refractivity contribution < 1.29 is 5.11 Å². The topological polar surface area (TPSA) is 36.4 Å². The third kappa shape index (κ3) is 2.32. The van der Waals surface area contributed by atoms with E-state index in [1.165, 1.54) is 5.69 Å². The molecule has 82 valence electrons. The second-order valence-corrected chi connectivity index (χ2v) is 4.92. The predicted molar refractivity (Wildman–Crippen MR) is 63.9 cm³/mol. The molecule has 1 aromatic heterocycles. The second kappa shape index (κ2) is 4.49. The van der Waals surface area contributed by atoms with Gasteiger partial charge in [0.2, 0.25) is 0 Å². The van der Waals surface area contributed by atoms with Crippen molar-refractivity contribution in [2.45, 2.75) is 19.4 Å². The highest BCUT2D eigenvalue weighted by Crippen LogP contribution is 2.30. The van der Waals surface area contributed by atoms with E-state index in [1.807, 2.05) is 19.2 Å². The molecule has 2 atom stereocenters. The van der Waals surface area contributed by atoms with Crippen LogP contribution >= 0.6 is 15.9 Å². The first-order valence-electron chi connectivity index (χ1n) is 5.21. The number of halogens is 1. The number of aromatic nitrogens is 1. The Morgan fingerprint density at radius 2 is 2.47 bits per heavy atom. The van der Waals surface area contributed by atoms with E-state index >= 15 is 0 Å². The number of rotatable bonds is 2. The number of aliphatic hydroxyl groups excluding tert-OH is 1. The van der Waals surface area contributed by atoms with Crippen LogP contribution in [0.25, 0.3) is 0 Å². The minimum absolute atomic E-state index is 0.212. The zero-order valence-electron chi connectivity index (χ0n) is 8.73. The van der Waals surface area contributed by atoms with Crippen LogP contribution in [0.15, 0.2) is 22.9 Å². The van der Waals surface area contributed by atoms with Crippen LogP contribution in [-0.4, -0.2) is 29.3 Å². The van der Waals surface area contributed by atoms with Gasteiger partial charge < -0.3 is 10.0 Å². The Morgan fingerprint density at radius 3 is 3.07 bits per heavy atom. The van der Waals surface area contributed by atoms with Crippen molar-refractivity contribution in [3.63, 3.8) is 0 Å². The maximum Gasteiger partial charge on any atom is 0.0592 e. The lowest BCUT2D eigenvalue weighted by molar-refractivity contribution is 0.136. The molecule has 1 N–H and O–H groups in total. The highest BCUT2D eigenvalue weighted by Gasteiger charge is 2.26. The Bertz CT molecular complexity index is 343. The zero-order chi connectivity index (χ0) is 10.8. The minimum atomic E-state index is -0.212. The van der Waals surface area contributed by atoms with Gasteiger partial charge in [0.15, 0.2) is 0 Å². The molecule has 0 amide bonds. The van der Waals surface area contributed by atoms with Crippen LogP contribution in [0.3, 0.4) is 0 Å². The van der Waals surface area contributed by atoms with Crippen molar-refractivity contribution in [3.05, 3.63) is 22.9 Å². The van der Waals surface area contributed by atoms with Gasteiger partial charge in [-0.2, -0.15) is 0 Å². The summed E-state index contributed by atoms with van der Waals surface area (Å²) in [5.41, 5.74) is 1.17. The van der Waals surface area contributed by atoms with Crippen molar-refractivity contribution >= 4 is 21.6 Å². The summed E-state index contributed by atoms with van der Waals surface area (Å²) in [6, 6.07) is 2.01. The highest BCUT2D eigenvalue weighted by molar-refractivity contribution is 9.10. The van der Waals surface area contributed by atoms with Crippen LogP contribution in [0.5, 0.6) is 0 Å². The van der Waals surface area contributed by atoms with Crippen molar-refractivity contribution in [2.75, 3.05) is 18.0 Å². The molecule has 1 aliphatic rings. The van der Waals surface area contributed by atoms with E-state index in [-0.39, 0.29) is 6.10 Å². The fourth-order valence-electron chi connectivity index (χ4n) is 2.02. The van der Waals surface area contributed by atoms with Crippen LogP contribution < -0.4 is 4.90 Å². The van der Waals surface area contributed by atoms with Crippen molar-refractivity contribution in [1.29, 1.82) is 0 Å². The second-order valence-electron chi connectivity index (χ2n) is 4.06. The normalized spacial score (nSPS) is 23.1. The maximum absolute atomic E-state index is 9.54. The molecule has 1 fully saturated rings. The van der Waals surface area contributed by atoms with Crippen molar-refractivity contribution in [1.82, 2.24) is 4.98 Å². The fraction of sp³-hybridized carbons (Fsp3) is 0.545. The first-order valence-corrected chi connectivity index (χ1v) is 6.00. The number of hydrogen-bond acceptors (Lipinski definition) is 3. The number of aliphatic hydroxyl groups is 1. The van der Waals surface area contributed by atoms with Gasteiger partial charge >= 0.3 is 0 Å². The molecule has 1 aliphatic heterocycles. The highest BCUT2D eigenvalue weighted by atomic mass is 79.9. The molecule has 1 aromatic rings. The lowest BCUT2D eigenvalue weighted by Crippen LogP contribution is -2.24. The van der Waals surface area contributed by atoms with Gasteiger partial charge in [0.05, 0.1) is 16.3 Å². The van der Waals surface area contributed by atoms with E-state index in [9.17, 15) is 5.11 Å². The Balaban J connectivity index is 2.11. The van der Waals surface area contributed by atoms with E-state index in [0.29, 0.717) is 5.92 Å². The molecule has 1 saturated heterocycles. The number of nitrogens with zero attached hydrogens (tertiary/aromatic N) is 2. The summed E-state index contributed by atoms with van der Waals surface area (Å²) >= 11 is 3.50. The first kappa shape index (κ1) is 10.9. The Hall–Kier alpha value is -0.610. The van der Waals surface area contributed by atoms with Gasteiger partial charge in [-0.05, 0) is 35.3 Å². The SMILES string of the molecule is CC(O)C1CCN(c2ccncc2Br)C1. The van der Waals surface area contributed by atoms with E-state index in [4.69, 9.17) is 0 Å². The molecule has 2 rings (SSSR count). The van der Waals surface area contributed by atoms with E-state index < -0.39 is 0 Å². The predicted octanol–water partition coefficient (Wildman–Crippen LogP) is 2.05. The summed E-state index contributed by atoms with van der Waals surface area (Å²) in [5.74, 6) is 0.394. The third-order valence-corrected chi connectivity index (χ3v) is 3.61. The van der Waals surface area contributed by atoms with E-state index in [0.717, 1.165) is 24.0 Å². The summed E-state index contributed by atoms with van der Waals surface area (Å²) in [6.45, 7) is 3.81. The van der Waals surface area contributed by atoms with Crippen LogP contribution in [0.4, 0.5) is 5.69 Å². The summed E-state index contributed by atoms with van der Waals surface area (Å²) in [5, 5.41) is 9.54. The molecule has 0 radical (unpaired) electrons. The summed E-state index contributed by atoms with van der Waals surface area (Å²) in [7, 11) is 0. The molecule has 3 nitrogen and oxygen atoms in total. The zero-order valence-corrected chi connectivity index (χ0v) is 10.3. The average molecular weight is 271 g/mol. The standard InChI is InChI=1S/C11H15BrN2O/c1-8(15)9-3-5-14(7-9)11-2-4-13-6-10(11)12/h2,4,6,8-9,15H,3,5,7H2,1H3. The molecule has 4 heteroatoms. The number of pyridine rings is 1. The van der Waals surface area contributed by atoms with Crippen LogP contribution in [0.1, 0.15) is 13.3 Å². The molecule has 0 saturated carbocycles. The van der Waals surface area contributed by atoms with E-state index in [2.05, 4.69) is 25.8 Å². The van der Waals surface area contributed by atoms with Crippen molar-refractivity contribution in [2.24, 2.45) is 5.92 Å². The Morgan fingerprint density at radius 1 is 1.67 bits per heavy atom. The number of anilines is 1. The molecule has 0 aromatic carbocycles. The fourth-order valence-corrected chi connectivity index (χ4v) is 2.53. The minimum Gasteiger partial charge on any atom is -0.393 e. The molecular formula is C11H15BrN2O. The van der Waals surface area contributed by atoms with Gasteiger partial charge in [0.1, 0.15) is 0 Å². The van der Waals surface area contributed by atoms with Gasteiger partial charge in [-0.25, -0.2) is 0 Å². The smallest absolute Gasteiger partial charge is 0.0592 e. The van der Waals surface area contributed by atoms with Gasteiger partial charge in [-0.1, -0.05) is 0 Å². The van der Waals surface area contributed by atoms with Crippen LogP contribution in [-0.2, 0) is 0 Å².